The van der Waals surface area contributed by atoms with Crippen molar-refractivity contribution in [2.24, 2.45) is 0 Å². The van der Waals surface area contributed by atoms with E-state index in [1.807, 2.05) is 18.2 Å². The minimum absolute atomic E-state index is 0.00600. The third-order valence-corrected chi connectivity index (χ3v) is 4.35. The van der Waals surface area contributed by atoms with Gasteiger partial charge in [-0.2, -0.15) is 0 Å². The summed E-state index contributed by atoms with van der Waals surface area (Å²) in [5, 5.41) is 3.49. The first-order valence-electron chi connectivity index (χ1n) is 6.97. The zero-order valence-electron chi connectivity index (χ0n) is 11.7. The van der Waals surface area contributed by atoms with Gasteiger partial charge in [0.15, 0.2) is 5.13 Å². The molecule has 3 N–H and O–H groups in total. The Kier molecular flexibility index (Phi) is 4.33. The number of nitrogens with two attached hydrogens (primary N) is 1. The lowest BCUT2D eigenvalue weighted by atomic mass is 10.3. The number of nitrogens with one attached hydrogen (secondary N) is 1. The van der Waals surface area contributed by atoms with Crippen LogP contribution in [0.1, 0.15) is 6.42 Å². The van der Waals surface area contributed by atoms with Gasteiger partial charge >= 0.3 is 0 Å². The lowest BCUT2D eigenvalue weighted by Gasteiger charge is -2.26. The van der Waals surface area contributed by atoms with Gasteiger partial charge in [0.1, 0.15) is 0 Å². The number of anilines is 2. The van der Waals surface area contributed by atoms with Crippen molar-refractivity contribution < 1.29 is 9.53 Å². The molecule has 1 amide bonds. The van der Waals surface area contributed by atoms with Gasteiger partial charge in [0.05, 0.1) is 23.4 Å². The summed E-state index contributed by atoms with van der Waals surface area (Å²) in [7, 11) is 0. The summed E-state index contributed by atoms with van der Waals surface area (Å²) >= 11 is 1.44. The molecule has 21 heavy (non-hydrogen) atoms. The Morgan fingerprint density at radius 3 is 3.05 bits per heavy atom. The maximum Gasteiger partial charge on any atom is 0.227 e. The molecule has 2 heterocycles. The highest BCUT2D eigenvalue weighted by Crippen LogP contribution is 2.27. The quantitative estimate of drug-likeness (QED) is 0.838. The highest BCUT2D eigenvalue weighted by Gasteiger charge is 2.13. The van der Waals surface area contributed by atoms with E-state index >= 15 is 0 Å². The van der Waals surface area contributed by atoms with Gasteiger partial charge in [0.25, 0.3) is 0 Å². The lowest BCUT2D eigenvalue weighted by molar-refractivity contribution is -0.116. The summed E-state index contributed by atoms with van der Waals surface area (Å²) in [6, 6.07) is 5.55. The summed E-state index contributed by atoms with van der Waals surface area (Å²) in [6.07, 6.45) is 0.470. The number of nitrogens with zero attached hydrogens (tertiary/aromatic N) is 2. The molecule has 1 fully saturated rings. The van der Waals surface area contributed by atoms with Crippen LogP contribution < -0.4 is 11.1 Å². The molecule has 0 aliphatic carbocycles. The van der Waals surface area contributed by atoms with Crippen LogP contribution in [0, 0.1) is 0 Å². The molecule has 1 aliphatic heterocycles. The molecular formula is C14H18N4O2S. The highest BCUT2D eigenvalue weighted by atomic mass is 32.1. The van der Waals surface area contributed by atoms with Gasteiger partial charge in [-0.15, -0.1) is 0 Å². The smallest absolute Gasteiger partial charge is 0.227 e. The van der Waals surface area contributed by atoms with Crippen molar-refractivity contribution in [1.82, 2.24) is 9.88 Å². The minimum Gasteiger partial charge on any atom is -0.399 e. The largest absolute Gasteiger partial charge is 0.399 e. The third kappa shape index (κ3) is 3.69. The number of aromatic nitrogens is 1. The monoisotopic (exact) mass is 306 g/mol. The predicted molar refractivity (Wildman–Crippen MR) is 84.5 cm³/mol. The fraction of sp³-hybridized carbons (Fsp3) is 0.429. The van der Waals surface area contributed by atoms with Crippen LogP contribution in [0.15, 0.2) is 18.2 Å². The lowest BCUT2D eigenvalue weighted by Crippen LogP contribution is -2.38. The van der Waals surface area contributed by atoms with Crippen LogP contribution in [0.2, 0.25) is 0 Å². The molecule has 0 radical (unpaired) electrons. The molecule has 0 spiro atoms. The van der Waals surface area contributed by atoms with E-state index in [1.165, 1.54) is 11.3 Å². The number of thiazole rings is 1. The Hall–Kier alpha value is -1.70. The second-order valence-corrected chi connectivity index (χ2v) is 6.03. The van der Waals surface area contributed by atoms with Crippen LogP contribution in [0.3, 0.4) is 0 Å². The Bertz CT molecular complexity index is 637. The Balaban J connectivity index is 1.55. The predicted octanol–water partition coefficient (Wildman–Crippen LogP) is 1.54. The molecule has 7 heteroatoms. The van der Waals surface area contributed by atoms with E-state index < -0.39 is 0 Å². The first-order chi connectivity index (χ1) is 10.2. The normalized spacial score (nSPS) is 16.2. The zero-order chi connectivity index (χ0) is 14.7. The fourth-order valence-electron chi connectivity index (χ4n) is 2.26. The number of carbonyl (C=O) groups is 1. The van der Waals surface area contributed by atoms with Crippen molar-refractivity contribution in [3.8, 4) is 0 Å². The highest BCUT2D eigenvalue weighted by molar-refractivity contribution is 7.22. The Morgan fingerprint density at radius 1 is 1.43 bits per heavy atom. The number of fused-ring (bicyclic) bond motifs is 1. The second-order valence-electron chi connectivity index (χ2n) is 5.00. The van der Waals surface area contributed by atoms with Crippen molar-refractivity contribution >= 4 is 38.3 Å². The molecule has 0 atom stereocenters. The van der Waals surface area contributed by atoms with E-state index in [2.05, 4.69) is 15.2 Å². The zero-order valence-corrected chi connectivity index (χ0v) is 12.5. The van der Waals surface area contributed by atoms with Crippen LogP contribution >= 0.6 is 11.3 Å². The van der Waals surface area contributed by atoms with Gasteiger partial charge < -0.3 is 15.8 Å². The number of rotatable bonds is 4. The summed E-state index contributed by atoms with van der Waals surface area (Å²) in [6.45, 7) is 4.05. The second kappa shape index (κ2) is 6.38. The van der Waals surface area contributed by atoms with Gasteiger partial charge in [0.2, 0.25) is 5.91 Å². The molecule has 1 aromatic carbocycles. The summed E-state index contributed by atoms with van der Waals surface area (Å²) in [5.74, 6) is -0.00600. The van der Waals surface area contributed by atoms with Crippen LogP contribution in [0.4, 0.5) is 10.8 Å². The van der Waals surface area contributed by atoms with Gasteiger partial charge in [-0.1, -0.05) is 11.3 Å². The molecular weight excluding hydrogens is 288 g/mol. The minimum atomic E-state index is -0.00600. The summed E-state index contributed by atoms with van der Waals surface area (Å²) in [4.78, 5) is 18.6. The van der Waals surface area contributed by atoms with E-state index in [0.717, 1.165) is 43.1 Å². The average molecular weight is 306 g/mol. The molecule has 3 rings (SSSR count). The summed E-state index contributed by atoms with van der Waals surface area (Å²) < 4.78 is 6.27. The maximum atomic E-state index is 12.0. The molecule has 0 unspecified atom stereocenters. The van der Waals surface area contributed by atoms with Gasteiger partial charge in [0, 0.05) is 31.7 Å². The molecule has 112 valence electrons. The van der Waals surface area contributed by atoms with E-state index in [4.69, 9.17) is 10.5 Å². The van der Waals surface area contributed by atoms with Crippen LogP contribution in [-0.2, 0) is 9.53 Å². The topological polar surface area (TPSA) is 80.5 Å². The van der Waals surface area contributed by atoms with Gasteiger partial charge in [-0.3, -0.25) is 9.69 Å². The van der Waals surface area contributed by atoms with E-state index in [1.54, 1.807) is 0 Å². The standard InChI is InChI=1S/C14H18N4O2S/c15-10-1-2-11-12(9-10)21-14(16-11)17-13(19)3-4-18-5-7-20-8-6-18/h1-2,9H,3-8,15H2,(H,16,17,19). The van der Waals surface area contributed by atoms with Crippen molar-refractivity contribution in [3.05, 3.63) is 18.2 Å². The number of hydrogen-bond acceptors (Lipinski definition) is 6. The van der Waals surface area contributed by atoms with Crippen LogP contribution in [-0.4, -0.2) is 48.6 Å². The van der Waals surface area contributed by atoms with Gasteiger partial charge in [-0.05, 0) is 18.2 Å². The number of morpholine rings is 1. The number of carbonyl (C=O) groups excluding carboxylic acids is 1. The Morgan fingerprint density at radius 2 is 2.24 bits per heavy atom. The molecule has 0 saturated carbocycles. The summed E-state index contributed by atoms with van der Waals surface area (Å²) in [5.41, 5.74) is 7.30. The number of nitrogen functional groups attached to an aromatic ring is 1. The molecule has 6 nitrogen and oxygen atoms in total. The third-order valence-electron chi connectivity index (χ3n) is 3.42. The van der Waals surface area contributed by atoms with Crippen molar-refractivity contribution in [2.75, 3.05) is 43.9 Å². The van der Waals surface area contributed by atoms with Crippen molar-refractivity contribution in [1.29, 1.82) is 0 Å². The maximum absolute atomic E-state index is 12.0. The van der Waals surface area contributed by atoms with Crippen LogP contribution in [0.25, 0.3) is 10.2 Å². The number of benzene rings is 1. The number of ether oxygens (including phenoxy) is 1. The van der Waals surface area contributed by atoms with Gasteiger partial charge in [-0.25, -0.2) is 4.98 Å². The average Bonchev–Trinajstić information content (AvgIpc) is 2.87. The van der Waals surface area contributed by atoms with E-state index in [-0.39, 0.29) is 5.91 Å². The van der Waals surface area contributed by atoms with Crippen molar-refractivity contribution in [2.45, 2.75) is 6.42 Å². The number of hydrogen-bond donors (Lipinski definition) is 2. The molecule has 1 saturated heterocycles. The van der Waals surface area contributed by atoms with E-state index in [9.17, 15) is 4.79 Å². The number of amides is 1. The van der Waals surface area contributed by atoms with Crippen molar-refractivity contribution in [3.63, 3.8) is 0 Å². The fourth-order valence-corrected chi connectivity index (χ4v) is 3.19. The Labute approximate surface area is 126 Å². The first kappa shape index (κ1) is 14.2. The van der Waals surface area contributed by atoms with E-state index in [0.29, 0.717) is 17.2 Å². The molecule has 1 aliphatic rings. The first-order valence-corrected chi connectivity index (χ1v) is 7.78. The van der Waals surface area contributed by atoms with Crippen LogP contribution in [0.5, 0.6) is 0 Å². The molecule has 0 bridgehead atoms. The molecule has 2 aromatic rings. The molecule has 1 aromatic heterocycles. The SMILES string of the molecule is Nc1ccc2nc(NC(=O)CCN3CCOCC3)sc2c1.